The molecule has 1 aliphatic heterocycles. The number of benzene rings is 1. The molecule has 1 heterocycles. The van der Waals surface area contributed by atoms with Crippen LogP contribution in [0.3, 0.4) is 0 Å². The van der Waals surface area contributed by atoms with E-state index in [1.807, 2.05) is 7.05 Å². The summed E-state index contributed by atoms with van der Waals surface area (Å²) >= 11 is 5.78. The Hall–Kier alpha value is -0.400. The molecule has 0 amide bonds. The summed E-state index contributed by atoms with van der Waals surface area (Å²) in [7, 11) is -1.98. The van der Waals surface area contributed by atoms with E-state index in [-0.39, 0.29) is 28.2 Å². The van der Waals surface area contributed by atoms with E-state index in [1.165, 1.54) is 16.4 Å². The van der Waals surface area contributed by atoms with Crippen LogP contribution >= 0.6 is 24.0 Å². The lowest BCUT2D eigenvalue weighted by Crippen LogP contribution is -2.42. The lowest BCUT2D eigenvalue weighted by Gasteiger charge is -2.31. The van der Waals surface area contributed by atoms with Gasteiger partial charge in [0, 0.05) is 18.1 Å². The fourth-order valence-electron chi connectivity index (χ4n) is 2.51. The first kappa shape index (κ1) is 18.6. The average molecular weight is 357 g/mol. The number of halogens is 3. The molecule has 0 saturated carbocycles. The quantitative estimate of drug-likeness (QED) is 0.901. The minimum absolute atomic E-state index is 0. The predicted octanol–water partition coefficient (Wildman–Crippen LogP) is 2.52. The molecular weight excluding hydrogens is 338 g/mol. The van der Waals surface area contributed by atoms with Gasteiger partial charge in [-0.2, -0.15) is 4.31 Å². The number of hydrogen-bond donors (Lipinski definition) is 1. The van der Waals surface area contributed by atoms with Crippen LogP contribution in [-0.2, 0) is 10.0 Å². The smallest absolute Gasteiger partial charge is 0.246 e. The monoisotopic (exact) mass is 356 g/mol. The summed E-state index contributed by atoms with van der Waals surface area (Å²) in [6.45, 7) is 1.59. The maximum Gasteiger partial charge on any atom is 0.246 e. The van der Waals surface area contributed by atoms with Gasteiger partial charge in [-0.05, 0) is 50.6 Å². The number of piperidine rings is 1. The van der Waals surface area contributed by atoms with Gasteiger partial charge < -0.3 is 5.32 Å². The highest BCUT2D eigenvalue weighted by Gasteiger charge is 2.31. The summed E-state index contributed by atoms with van der Waals surface area (Å²) in [5, 5.41) is 3.27. The predicted molar refractivity (Wildman–Crippen MR) is 84.1 cm³/mol. The summed E-state index contributed by atoms with van der Waals surface area (Å²) in [6, 6.07) is 3.61. The topological polar surface area (TPSA) is 49.4 Å². The number of rotatable bonds is 4. The third-order valence-electron chi connectivity index (χ3n) is 3.49. The zero-order valence-corrected chi connectivity index (χ0v) is 14.1. The van der Waals surface area contributed by atoms with Crippen LogP contribution in [0.2, 0.25) is 5.02 Å². The molecule has 1 aromatic rings. The highest BCUT2D eigenvalue weighted by Crippen LogP contribution is 2.26. The maximum absolute atomic E-state index is 13.8. The molecule has 0 aromatic heterocycles. The first-order chi connectivity index (χ1) is 9.45. The van der Waals surface area contributed by atoms with Gasteiger partial charge in [0.1, 0.15) is 10.7 Å². The van der Waals surface area contributed by atoms with Gasteiger partial charge in [-0.1, -0.05) is 11.6 Å². The van der Waals surface area contributed by atoms with Crippen molar-refractivity contribution in [1.82, 2.24) is 9.62 Å². The Kier molecular flexibility index (Phi) is 6.87. The van der Waals surface area contributed by atoms with Gasteiger partial charge in [0.05, 0.1) is 0 Å². The molecule has 1 aromatic carbocycles. The molecular formula is C13H19Cl2FN2O2S. The molecule has 21 heavy (non-hydrogen) atoms. The molecule has 1 aliphatic rings. The van der Waals surface area contributed by atoms with Crippen LogP contribution < -0.4 is 5.32 Å². The van der Waals surface area contributed by atoms with E-state index >= 15 is 0 Å². The van der Waals surface area contributed by atoms with E-state index in [9.17, 15) is 12.8 Å². The Balaban J connectivity index is 0.00000220. The maximum atomic E-state index is 13.8. The Labute approximate surface area is 136 Å². The molecule has 1 N–H and O–H groups in total. The minimum Gasteiger partial charge on any atom is -0.319 e. The Morgan fingerprint density at radius 2 is 2.19 bits per heavy atom. The van der Waals surface area contributed by atoms with Crippen LogP contribution in [-0.4, -0.2) is 39.4 Å². The summed E-state index contributed by atoms with van der Waals surface area (Å²) in [4.78, 5) is -0.338. The molecule has 4 nitrogen and oxygen atoms in total. The molecule has 1 saturated heterocycles. The van der Waals surface area contributed by atoms with E-state index in [0.717, 1.165) is 25.5 Å². The van der Waals surface area contributed by atoms with Crippen molar-refractivity contribution in [3.63, 3.8) is 0 Å². The van der Waals surface area contributed by atoms with Crippen LogP contribution in [0.25, 0.3) is 0 Å². The lowest BCUT2D eigenvalue weighted by molar-refractivity contribution is 0.263. The summed E-state index contributed by atoms with van der Waals surface area (Å²) in [6.07, 6.45) is 1.76. The molecule has 2 rings (SSSR count). The molecule has 0 radical (unpaired) electrons. The molecule has 0 spiro atoms. The van der Waals surface area contributed by atoms with E-state index in [1.54, 1.807) is 0 Å². The molecule has 0 bridgehead atoms. The highest BCUT2D eigenvalue weighted by molar-refractivity contribution is 7.89. The van der Waals surface area contributed by atoms with Gasteiger partial charge in [0.15, 0.2) is 0 Å². The molecule has 1 unspecified atom stereocenters. The zero-order valence-electron chi connectivity index (χ0n) is 11.7. The van der Waals surface area contributed by atoms with Crippen molar-refractivity contribution in [3.8, 4) is 0 Å². The fourth-order valence-corrected chi connectivity index (χ4v) is 4.40. The van der Waals surface area contributed by atoms with Gasteiger partial charge in [0.2, 0.25) is 10.0 Å². The first-order valence-electron chi connectivity index (χ1n) is 6.55. The summed E-state index contributed by atoms with van der Waals surface area (Å²) in [5.41, 5.74) is 0. The standard InChI is InChI=1S/C13H18ClFN2O2S.ClH/c1-16-8-10-3-2-6-17(9-10)20(18,19)13-7-11(14)4-5-12(13)15;/h4-5,7,10,16H,2-3,6,8-9H2,1H3;1H. The molecule has 0 aliphatic carbocycles. The average Bonchev–Trinajstić information content (AvgIpc) is 2.42. The lowest BCUT2D eigenvalue weighted by atomic mass is 10.00. The van der Waals surface area contributed by atoms with Crippen LogP contribution in [0.1, 0.15) is 12.8 Å². The zero-order chi connectivity index (χ0) is 14.8. The first-order valence-corrected chi connectivity index (χ1v) is 8.36. The molecule has 1 atom stereocenters. The third kappa shape index (κ3) is 4.29. The largest absolute Gasteiger partial charge is 0.319 e. The Morgan fingerprint density at radius 1 is 1.48 bits per heavy atom. The summed E-state index contributed by atoms with van der Waals surface area (Å²) in [5.74, 6) is -0.504. The number of hydrogen-bond acceptors (Lipinski definition) is 3. The van der Waals surface area contributed by atoms with Crippen LogP contribution in [0.4, 0.5) is 4.39 Å². The normalized spacial score (nSPS) is 20.0. The van der Waals surface area contributed by atoms with Crippen molar-refractivity contribution >= 4 is 34.0 Å². The van der Waals surface area contributed by atoms with Gasteiger partial charge in [-0.15, -0.1) is 12.4 Å². The Morgan fingerprint density at radius 3 is 2.86 bits per heavy atom. The van der Waals surface area contributed by atoms with Crippen molar-refractivity contribution in [1.29, 1.82) is 0 Å². The highest BCUT2D eigenvalue weighted by atomic mass is 35.5. The number of nitrogens with one attached hydrogen (secondary N) is 1. The van der Waals surface area contributed by atoms with E-state index < -0.39 is 15.8 Å². The van der Waals surface area contributed by atoms with Gasteiger partial charge >= 0.3 is 0 Å². The van der Waals surface area contributed by atoms with Gasteiger partial charge in [-0.25, -0.2) is 12.8 Å². The van der Waals surface area contributed by atoms with E-state index in [0.29, 0.717) is 13.1 Å². The molecule has 1 fully saturated rings. The van der Waals surface area contributed by atoms with Crippen molar-refractivity contribution < 1.29 is 12.8 Å². The number of sulfonamides is 1. The van der Waals surface area contributed by atoms with Crippen LogP contribution in [0.5, 0.6) is 0 Å². The second-order valence-corrected chi connectivity index (χ2v) is 7.35. The van der Waals surface area contributed by atoms with Crippen molar-refractivity contribution in [2.45, 2.75) is 17.7 Å². The second-order valence-electron chi connectivity index (χ2n) is 5.00. The minimum atomic E-state index is -3.82. The van der Waals surface area contributed by atoms with Crippen LogP contribution in [0, 0.1) is 11.7 Å². The fraction of sp³-hybridized carbons (Fsp3) is 0.538. The van der Waals surface area contributed by atoms with Crippen LogP contribution in [0.15, 0.2) is 23.1 Å². The van der Waals surface area contributed by atoms with Crippen molar-refractivity contribution in [2.75, 3.05) is 26.7 Å². The Bertz CT molecular complexity index is 582. The summed E-state index contributed by atoms with van der Waals surface area (Å²) < 4.78 is 40.2. The van der Waals surface area contributed by atoms with E-state index in [2.05, 4.69) is 5.32 Å². The van der Waals surface area contributed by atoms with Crippen molar-refractivity contribution in [3.05, 3.63) is 29.0 Å². The second kappa shape index (κ2) is 7.74. The molecule has 8 heteroatoms. The SMILES string of the molecule is CNCC1CCCN(S(=O)(=O)c2cc(Cl)ccc2F)C1.Cl. The van der Waals surface area contributed by atoms with E-state index in [4.69, 9.17) is 11.6 Å². The molecule has 120 valence electrons. The van der Waals surface area contributed by atoms with Gasteiger partial charge in [0.25, 0.3) is 0 Å². The van der Waals surface area contributed by atoms with Crippen molar-refractivity contribution in [2.24, 2.45) is 5.92 Å². The van der Waals surface area contributed by atoms with Gasteiger partial charge in [-0.3, -0.25) is 0 Å². The third-order valence-corrected chi connectivity index (χ3v) is 5.60. The number of nitrogens with zero attached hydrogens (tertiary/aromatic N) is 1.